The second kappa shape index (κ2) is 10.4. The highest BCUT2D eigenvalue weighted by molar-refractivity contribution is 6.42. The van der Waals surface area contributed by atoms with E-state index in [1.807, 2.05) is 0 Å². The van der Waals surface area contributed by atoms with Gasteiger partial charge in [0.25, 0.3) is 0 Å². The summed E-state index contributed by atoms with van der Waals surface area (Å²) in [5.74, 6) is 0.344. The summed E-state index contributed by atoms with van der Waals surface area (Å²) in [7, 11) is 0. The van der Waals surface area contributed by atoms with Crippen molar-refractivity contribution in [3.63, 3.8) is 0 Å². The smallest absolute Gasteiger partial charge is 0.123 e. The number of likely N-dealkylation sites (tertiary alicyclic amines) is 1. The molecule has 2 aromatic rings. The van der Waals surface area contributed by atoms with Crippen LogP contribution in [0, 0.1) is 5.82 Å². The van der Waals surface area contributed by atoms with Gasteiger partial charge in [0.1, 0.15) is 18.2 Å². The van der Waals surface area contributed by atoms with Gasteiger partial charge in [-0.2, -0.15) is 0 Å². The zero-order valence-corrected chi connectivity index (χ0v) is 20.2. The predicted molar refractivity (Wildman–Crippen MR) is 130 cm³/mol. The zero-order valence-electron chi connectivity index (χ0n) is 18.7. The summed E-state index contributed by atoms with van der Waals surface area (Å²) in [6.45, 7) is 3.78. The van der Waals surface area contributed by atoms with E-state index in [0.29, 0.717) is 54.6 Å². The van der Waals surface area contributed by atoms with Crippen molar-refractivity contribution in [3.05, 3.63) is 58.3 Å². The van der Waals surface area contributed by atoms with E-state index in [1.54, 1.807) is 30.3 Å². The van der Waals surface area contributed by atoms with Crippen LogP contribution in [0.2, 0.25) is 10.0 Å². The molecule has 0 amide bonds. The van der Waals surface area contributed by atoms with Crippen LogP contribution >= 0.6 is 23.2 Å². The highest BCUT2D eigenvalue weighted by atomic mass is 35.5. The molecule has 2 saturated heterocycles. The Balaban J connectivity index is 1.27. The van der Waals surface area contributed by atoms with Gasteiger partial charge in [-0.25, -0.2) is 4.39 Å². The molecule has 0 spiro atoms. The molecule has 0 bridgehead atoms. The van der Waals surface area contributed by atoms with E-state index in [2.05, 4.69) is 9.80 Å². The Morgan fingerprint density at radius 1 is 0.848 bits per heavy atom. The fourth-order valence-electron chi connectivity index (χ4n) is 4.73. The molecule has 2 fully saturated rings. The molecule has 180 valence electrons. The highest BCUT2D eigenvalue weighted by Crippen LogP contribution is 2.31. The van der Waals surface area contributed by atoms with Gasteiger partial charge >= 0.3 is 0 Å². The van der Waals surface area contributed by atoms with Crippen LogP contribution < -0.4 is 9.64 Å². The van der Waals surface area contributed by atoms with Gasteiger partial charge in [0.05, 0.1) is 21.2 Å². The second-order valence-corrected chi connectivity index (χ2v) is 10.2. The van der Waals surface area contributed by atoms with E-state index in [1.165, 1.54) is 12.1 Å². The van der Waals surface area contributed by atoms with Crippen LogP contribution in [-0.2, 0) is 0 Å². The van der Waals surface area contributed by atoms with Crippen molar-refractivity contribution in [1.82, 2.24) is 4.90 Å². The topological polar surface area (TPSA) is 56.2 Å². The number of anilines is 1. The molecule has 0 radical (unpaired) electrons. The van der Waals surface area contributed by atoms with Crippen molar-refractivity contribution < 1.29 is 19.3 Å². The van der Waals surface area contributed by atoms with E-state index >= 15 is 0 Å². The molecule has 0 saturated carbocycles. The zero-order chi connectivity index (χ0) is 23.5. The summed E-state index contributed by atoms with van der Waals surface area (Å²) in [5.41, 5.74) is -0.689. The van der Waals surface area contributed by atoms with Crippen LogP contribution in [0.3, 0.4) is 0 Å². The SMILES string of the molecule is OC1(COc2ccc(Cl)c(Cl)c2)CCCN(CC2(O)CCN(c3ccc(F)cc3)CC2)CC1. The van der Waals surface area contributed by atoms with E-state index in [0.717, 1.165) is 31.7 Å². The first-order chi connectivity index (χ1) is 15.7. The minimum absolute atomic E-state index is 0.190. The molecule has 8 heteroatoms. The number of hydrogen-bond acceptors (Lipinski definition) is 5. The normalized spacial score (nSPS) is 23.8. The summed E-state index contributed by atoms with van der Waals surface area (Å²) in [6.07, 6.45) is 3.36. The largest absolute Gasteiger partial charge is 0.491 e. The van der Waals surface area contributed by atoms with Gasteiger partial charge in [0, 0.05) is 37.9 Å². The second-order valence-electron chi connectivity index (χ2n) is 9.41. The molecule has 1 atom stereocenters. The van der Waals surface area contributed by atoms with Crippen LogP contribution in [0.1, 0.15) is 32.1 Å². The van der Waals surface area contributed by atoms with Crippen LogP contribution in [0.5, 0.6) is 5.75 Å². The lowest BCUT2D eigenvalue weighted by molar-refractivity contribution is -0.0283. The molecule has 2 N–H and O–H groups in total. The molecule has 5 nitrogen and oxygen atoms in total. The summed E-state index contributed by atoms with van der Waals surface area (Å²) in [5, 5.41) is 23.2. The van der Waals surface area contributed by atoms with Crippen LogP contribution in [0.25, 0.3) is 0 Å². The van der Waals surface area contributed by atoms with Crippen LogP contribution in [0.4, 0.5) is 10.1 Å². The Bertz CT molecular complexity index is 938. The Morgan fingerprint density at radius 2 is 1.55 bits per heavy atom. The third-order valence-electron chi connectivity index (χ3n) is 6.81. The van der Waals surface area contributed by atoms with Gasteiger partial charge in [-0.05, 0) is 75.0 Å². The van der Waals surface area contributed by atoms with Gasteiger partial charge in [-0.3, -0.25) is 0 Å². The van der Waals surface area contributed by atoms with E-state index in [9.17, 15) is 14.6 Å². The summed E-state index contributed by atoms with van der Waals surface area (Å²) < 4.78 is 19.0. The van der Waals surface area contributed by atoms with Crippen molar-refractivity contribution >= 4 is 28.9 Å². The van der Waals surface area contributed by atoms with Gasteiger partial charge < -0.3 is 24.7 Å². The van der Waals surface area contributed by atoms with Crippen molar-refractivity contribution in [2.45, 2.75) is 43.3 Å². The molecular weight excluding hydrogens is 466 g/mol. The van der Waals surface area contributed by atoms with Crippen molar-refractivity contribution in [3.8, 4) is 5.75 Å². The number of halogens is 3. The van der Waals surface area contributed by atoms with Gasteiger partial charge in [0.15, 0.2) is 0 Å². The first-order valence-corrected chi connectivity index (χ1v) is 12.2. The third kappa shape index (κ3) is 6.52. The van der Waals surface area contributed by atoms with Gasteiger partial charge in [-0.15, -0.1) is 0 Å². The number of nitrogens with zero attached hydrogens (tertiary/aromatic N) is 2. The van der Waals surface area contributed by atoms with E-state index in [4.69, 9.17) is 27.9 Å². The summed E-state index contributed by atoms with van der Waals surface area (Å²) in [6, 6.07) is 11.6. The van der Waals surface area contributed by atoms with Crippen molar-refractivity contribution in [2.24, 2.45) is 0 Å². The lowest BCUT2D eigenvalue weighted by Crippen LogP contribution is -2.51. The summed E-state index contributed by atoms with van der Waals surface area (Å²) >= 11 is 12.0. The quantitative estimate of drug-likeness (QED) is 0.603. The number of piperidine rings is 1. The minimum atomic E-state index is -0.921. The number of benzene rings is 2. The average Bonchev–Trinajstić information content (AvgIpc) is 2.97. The first kappa shape index (κ1) is 24.6. The maximum Gasteiger partial charge on any atom is 0.123 e. The fraction of sp³-hybridized carbons (Fsp3) is 0.520. The van der Waals surface area contributed by atoms with Crippen LogP contribution in [-0.4, -0.2) is 65.6 Å². The van der Waals surface area contributed by atoms with Crippen molar-refractivity contribution in [2.75, 3.05) is 44.2 Å². The molecule has 0 aliphatic carbocycles. The molecule has 0 aromatic heterocycles. The highest BCUT2D eigenvalue weighted by Gasteiger charge is 2.37. The number of β-amino-alcohol motifs (C(OH)–C–C–N with tert-alkyl or cyclic N) is 1. The van der Waals surface area contributed by atoms with Crippen LogP contribution in [0.15, 0.2) is 42.5 Å². The van der Waals surface area contributed by atoms with Gasteiger partial charge in [-0.1, -0.05) is 23.2 Å². The Kier molecular flexibility index (Phi) is 7.71. The van der Waals surface area contributed by atoms with E-state index in [-0.39, 0.29) is 12.4 Å². The molecule has 2 aliphatic rings. The molecule has 4 rings (SSSR count). The molecule has 2 aliphatic heterocycles. The number of hydrogen-bond donors (Lipinski definition) is 2. The van der Waals surface area contributed by atoms with E-state index < -0.39 is 11.2 Å². The molecule has 2 aromatic carbocycles. The average molecular weight is 497 g/mol. The number of rotatable bonds is 6. The Hall–Kier alpha value is -1.57. The summed E-state index contributed by atoms with van der Waals surface area (Å²) in [4.78, 5) is 4.44. The maximum atomic E-state index is 13.2. The Labute approximate surface area is 204 Å². The molecule has 2 heterocycles. The minimum Gasteiger partial charge on any atom is -0.491 e. The predicted octanol–water partition coefficient (Wildman–Crippen LogP) is 4.76. The van der Waals surface area contributed by atoms with Crippen molar-refractivity contribution in [1.29, 1.82) is 0 Å². The molecule has 33 heavy (non-hydrogen) atoms. The fourth-order valence-corrected chi connectivity index (χ4v) is 5.02. The molecule has 1 unspecified atom stereocenters. The lowest BCUT2D eigenvalue weighted by Gasteiger charge is -2.41. The van der Waals surface area contributed by atoms with Gasteiger partial charge in [0.2, 0.25) is 0 Å². The maximum absolute atomic E-state index is 13.2. The lowest BCUT2D eigenvalue weighted by atomic mass is 9.90. The number of ether oxygens (including phenoxy) is 1. The standard InChI is InChI=1S/C25H31Cl2FN2O3/c26-22-7-6-21(16-23(22)27)33-18-25(32)8-1-12-29(13-9-25)17-24(31)10-14-30(15-11-24)20-4-2-19(28)3-5-20/h2-7,16,31-32H,1,8-15,17-18H2. The third-order valence-corrected chi connectivity index (χ3v) is 7.55. The monoisotopic (exact) mass is 496 g/mol. The number of aliphatic hydroxyl groups is 2. The first-order valence-electron chi connectivity index (χ1n) is 11.5. The molecular formula is C25H31Cl2FN2O3. The Morgan fingerprint density at radius 3 is 2.24 bits per heavy atom.